The second-order valence-corrected chi connectivity index (χ2v) is 3.91. The smallest absolute Gasteiger partial charge is 0.150 e. The largest absolute Gasteiger partial charge is 0.380 e. The SMILES string of the molecule is CCCCCCNc1c(F)cc(C#N)cc1F. The summed E-state index contributed by atoms with van der Waals surface area (Å²) < 4.78 is 26.8. The van der Waals surface area contributed by atoms with E-state index in [-0.39, 0.29) is 11.3 Å². The van der Waals surface area contributed by atoms with Crippen molar-refractivity contribution >= 4 is 5.69 Å². The predicted molar refractivity (Wildman–Crippen MR) is 63.7 cm³/mol. The minimum Gasteiger partial charge on any atom is -0.380 e. The van der Waals surface area contributed by atoms with Gasteiger partial charge in [0.2, 0.25) is 0 Å². The zero-order chi connectivity index (χ0) is 12.7. The number of unbranched alkanes of at least 4 members (excludes halogenated alkanes) is 3. The van der Waals surface area contributed by atoms with Gasteiger partial charge in [-0.1, -0.05) is 26.2 Å². The van der Waals surface area contributed by atoms with Crippen LogP contribution in [0.2, 0.25) is 0 Å². The fourth-order valence-electron chi connectivity index (χ4n) is 1.57. The van der Waals surface area contributed by atoms with E-state index in [0.717, 1.165) is 37.8 Å². The molecule has 1 N–H and O–H groups in total. The molecule has 1 rings (SSSR count). The summed E-state index contributed by atoms with van der Waals surface area (Å²) in [6, 6.07) is 3.79. The first-order valence-corrected chi connectivity index (χ1v) is 5.82. The van der Waals surface area contributed by atoms with E-state index >= 15 is 0 Å². The summed E-state index contributed by atoms with van der Waals surface area (Å²) in [5.41, 5.74) is -0.142. The molecule has 0 bridgehead atoms. The Morgan fingerprint density at radius 2 is 1.82 bits per heavy atom. The normalized spacial score (nSPS) is 10.0. The van der Waals surface area contributed by atoms with Crippen molar-refractivity contribution in [3.8, 4) is 6.07 Å². The lowest BCUT2D eigenvalue weighted by atomic mass is 10.2. The molecule has 0 saturated heterocycles. The maximum Gasteiger partial charge on any atom is 0.150 e. The lowest BCUT2D eigenvalue weighted by Gasteiger charge is -2.08. The van der Waals surface area contributed by atoms with Crippen LogP contribution in [-0.4, -0.2) is 6.54 Å². The van der Waals surface area contributed by atoms with Crippen LogP contribution in [0, 0.1) is 23.0 Å². The number of nitrogens with one attached hydrogen (secondary N) is 1. The highest BCUT2D eigenvalue weighted by Gasteiger charge is 2.10. The molecule has 2 nitrogen and oxygen atoms in total. The van der Waals surface area contributed by atoms with Crippen LogP contribution in [0.3, 0.4) is 0 Å². The van der Waals surface area contributed by atoms with Crippen molar-refractivity contribution in [3.63, 3.8) is 0 Å². The van der Waals surface area contributed by atoms with Gasteiger partial charge in [-0.15, -0.1) is 0 Å². The Bertz CT molecular complexity index is 387. The van der Waals surface area contributed by atoms with Crippen molar-refractivity contribution in [3.05, 3.63) is 29.3 Å². The third-order valence-corrected chi connectivity index (χ3v) is 2.50. The Morgan fingerprint density at radius 1 is 1.18 bits per heavy atom. The highest BCUT2D eigenvalue weighted by Crippen LogP contribution is 2.20. The first kappa shape index (κ1) is 13.4. The van der Waals surface area contributed by atoms with Gasteiger partial charge in [-0.05, 0) is 18.6 Å². The van der Waals surface area contributed by atoms with Crippen LogP contribution in [0.15, 0.2) is 12.1 Å². The van der Waals surface area contributed by atoms with Crippen LogP contribution in [0.5, 0.6) is 0 Å². The molecule has 0 fully saturated rings. The number of hydrogen-bond donors (Lipinski definition) is 1. The molecule has 92 valence electrons. The minimum atomic E-state index is -0.711. The molecule has 1 aromatic rings. The zero-order valence-corrected chi connectivity index (χ0v) is 9.89. The fraction of sp³-hybridized carbons (Fsp3) is 0.462. The van der Waals surface area contributed by atoms with Gasteiger partial charge in [-0.3, -0.25) is 0 Å². The average molecular weight is 238 g/mol. The number of hydrogen-bond acceptors (Lipinski definition) is 2. The Labute approximate surface area is 100 Å². The molecule has 0 spiro atoms. The summed E-state index contributed by atoms with van der Waals surface area (Å²) in [5, 5.41) is 11.3. The van der Waals surface area contributed by atoms with E-state index < -0.39 is 11.6 Å². The minimum absolute atomic E-state index is 0.00321. The fourth-order valence-corrected chi connectivity index (χ4v) is 1.57. The molecule has 0 unspecified atom stereocenters. The van der Waals surface area contributed by atoms with E-state index in [9.17, 15) is 8.78 Å². The van der Waals surface area contributed by atoms with Gasteiger partial charge in [0.1, 0.15) is 5.69 Å². The standard InChI is InChI=1S/C13H16F2N2/c1-2-3-4-5-6-17-13-11(14)7-10(9-16)8-12(13)15/h7-8,17H,2-6H2,1H3. The van der Waals surface area contributed by atoms with Gasteiger partial charge in [-0.2, -0.15) is 5.26 Å². The van der Waals surface area contributed by atoms with Gasteiger partial charge in [-0.25, -0.2) is 8.78 Å². The van der Waals surface area contributed by atoms with Crippen LogP contribution in [0.4, 0.5) is 14.5 Å². The van der Waals surface area contributed by atoms with E-state index in [2.05, 4.69) is 12.2 Å². The maximum absolute atomic E-state index is 13.4. The second kappa shape index (κ2) is 6.85. The van der Waals surface area contributed by atoms with E-state index in [1.54, 1.807) is 6.07 Å². The van der Waals surface area contributed by atoms with Gasteiger partial charge < -0.3 is 5.32 Å². The van der Waals surface area contributed by atoms with Crippen molar-refractivity contribution in [2.75, 3.05) is 11.9 Å². The van der Waals surface area contributed by atoms with Gasteiger partial charge in [0.05, 0.1) is 11.6 Å². The molecular formula is C13H16F2N2. The number of halogens is 2. The summed E-state index contributed by atoms with van der Waals surface area (Å²) in [5.74, 6) is -1.42. The molecule has 0 aromatic heterocycles. The number of benzene rings is 1. The summed E-state index contributed by atoms with van der Waals surface area (Å²) in [6.45, 7) is 2.65. The van der Waals surface area contributed by atoms with Gasteiger partial charge >= 0.3 is 0 Å². The molecule has 0 aliphatic heterocycles. The molecule has 0 heterocycles. The average Bonchev–Trinajstić information content (AvgIpc) is 2.31. The Morgan fingerprint density at radius 3 is 2.35 bits per heavy atom. The van der Waals surface area contributed by atoms with Crippen LogP contribution < -0.4 is 5.32 Å². The topological polar surface area (TPSA) is 35.8 Å². The van der Waals surface area contributed by atoms with Crippen LogP contribution in [0.25, 0.3) is 0 Å². The molecule has 17 heavy (non-hydrogen) atoms. The van der Waals surface area contributed by atoms with E-state index in [0.29, 0.717) is 6.54 Å². The lowest BCUT2D eigenvalue weighted by molar-refractivity contribution is 0.585. The maximum atomic E-state index is 13.4. The number of rotatable bonds is 6. The first-order chi connectivity index (χ1) is 8.19. The molecule has 1 aromatic carbocycles. The summed E-state index contributed by atoms with van der Waals surface area (Å²) in [7, 11) is 0. The molecule has 0 atom stereocenters. The number of nitrogens with zero attached hydrogens (tertiary/aromatic N) is 1. The summed E-state index contributed by atoms with van der Waals surface area (Å²) in [6.07, 6.45) is 4.18. The third-order valence-electron chi connectivity index (χ3n) is 2.50. The zero-order valence-electron chi connectivity index (χ0n) is 9.89. The highest BCUT2D eigenvalue weighted by atomic mass is 19.1. The molecule has 4 heteroatoms. The van der Waals surface area contributed by atoms with Crippen LogP contribution in [-0.2, 0) is 0 Å². The summed E-state index contributed by atoms with van der Waals surface area (Å²) >= 11 is 0. The van der Waals surface area contributed by atoms with Crippen molar-refractivity contribution in [2.45, 2.75) is 32.6 Å². The molecule has 0 aliphatic carbocycles. The second-order valence-electron chi connectivity index (χ2n) is 3.91. The van der Waals surface area contributed by atoms with E-state index in [4.69, 9.17) is 5.26 Å². The summed E-state index contributed by atoms with van der Waals surface area (Å²) in [4.78, 5) is 0. The molecule has 0 radical (unpaired) electrons. The van der Waals surface area contributed by atoms with Gasteiger partial charge in [0.15, 0.2) is 11.6 Å². The third kappa shape index (κ3) is 4.03. The molecule has 0 aliphatic rings. The molecule has 0 saturated carbocycles. The lowest BCUT2D eigenvalue weighted by Crippen LogP contribution is -2.06. The van der Waals surface area contributed by atoms with E-state index in [1.165, 1.54) is 0 Å². The van der Waals surface area contributed by atoms with Crippen molar-refractivity contribution in [2.24, 2.45) is 0 Å². The van der Waals surface area contributed by atoms with E-state index in [1.807, 2.05) is 0 Å². The number of anilines is 1. The van der Waals surface area contributed by atoms with Gasteiger partial charge in [0.25, 0.3) is 0 Å². The van der Waals surface area contributed by atoms with Gasteiger partial charge in [0, 0.05) is 6.54 Å². The monoisotopic (exact) mass is 238 g/mol. The molecular weight excluding hydrogens is 222 g/mol. The Kier molecular flexibility index (Phi) is 5.41. The van der Waals surface area contributed by atoms with Crippen molar-refractivity contribution in [1.82, 2.24) is 0 Å². The van der Waals surface area contributed by atoms with Crippen molar-refractivity contribution in [1.29, 1.82) is 5.26 Å². The quantitative estimate of drug-likeness (QED) is 0.764. The Balaban J connectivity index is 2.57. The number of nitriles is 1. The van der Waals surface area contributed by atoms with Crippen LogP contribution >= 0.6 is 0 Å². The first-order valence-electron chi connectivity index (χ1n) is 5.82. The van der Waals surface area contributed by atoms with Crippen LogP contribution in [0.1, 0.15) is 38.2 Å². The Hall–Kier alpha value is -1.63. The molecule has 0 amide bonds. The predicted octanol–water partition coefficient (Wildman–Crippen LogP) is 3.83. The van der Waals surface area contributed by atoms with Crippen molar-refractivity contribution < 1.29 is 8.78 Å². The highest BCUT2D eigenvalue weighted by molar-refractivity contribution is 5.50.